The van der Waals surface area contributed by atoms with Gasteiger partial charge in [0.1, 0.15) is 11.3 Å². The first-order valence-electron chi connectivity index (χ1n) is 5.56. The SMILES string of the molecule is COc1ccc(C2(n3ccnc3)COC2)cc1. The molecule has 0 saturated carbocycles. The number of methoxy groups -OCH3 is 1. The second kappa shape index (κ2) is 3.89. The maximum absolute atomic E-state index is 5.39. The molecular weight excluding hydrogens is 216 g/mol. The van der Waals surface area contributed by atoms with Gasteiger partial charge in [0.15, 0.2) is 0 Å². The van der Waals surface area contributed by atoms with Crippen LogP contribution in [0.15, 0.2) is 43.0 Å². The van der Waals surface area contributed by atoms with Crippen LogP contribution in [-0.4, -0.2) is 29.9 Å². The van der Waals surface area contributed by atoms with Crippen molar-refractivity contribution in [1.29, 1.82) is 0 Å². The summed E-state index contributed by atoms with van der Waals surface area (Å²) in [5.41, 5.74) is 1.13. The minimum absolute atomic E-state index is 0.0945. The van der Waals surface area contributed by atoms with Gasteiger partial charge in [0.2, 0.25) is 0 Å². The van der Waals surface area contributed by atoms with Crippen LogP contribution in [0.4, 0.5) is 0 Å². The van der Waals surface area contributed by atoms with E-state index in [0.717, 1.165) is 5.75 Å². The highest BCUT2D eigenvalue weighted by Crippen LogP contribution is 2.34. The summed E-state index contributed by atoms with van der Waals surface area (Å²) in [6.45, 7) is 1.38. The minimum Gasteiger partial charge on any atom is -0.497 e. The van der Waals surface area contributed by atoms with Crippen LogP contribution >= 0.6 is 0 Å². The molecular formula is C13H14N2O2. The van der Waals surface area contributed by atoms with Gasteiger partial charge in [-0.1, -0.05) is 12.1 Å². The summed E-state index contributed by atoms with van der Waals surface area (Å²) in [6, 6.07) is 8.13. The summed E-state index contributed by atoms with van der Waals surface area (Å²) in [5, 5.41) is 0. The number of hydrogen-bond donors (Lipinski definition) is 0. The van der Waals surface area contributed by atoms with Crippen LogP contribution in [0.1, 0.15) is 5.56 Å². The molecule has 1 aliphatic rings. The van der Waals surface area contributed by atoms with Crippen molar-refractivity contribution >= 4 is 0 Å². The molecule has 0 atom stereocenters. The van der Waals surface area contributed by atoms with E-state index in [0.29, 0.717) is 13.2 Å². The van der Waals surface area contributed by atoms with Gasteiger partial charge in [0.25, 0.3) is 0 Å². The van der Waals surface area contributed by atoms with Crippen molar-refractivity contribution in [1.82, 2.24) is 9.55 Å². The van der Waals surface area contributed by atoms with E-state index < -0.39 is 0 Å². The minimum atomic E-state index is -0.0945. The van der Waals surface area contributed by atoms with Gasteiger partial charge >= 0.3 is 0 Å². The highest BCUT2D eigenvalue weighted by atomic mass is 16.5. The fourth-order valence-corrected chi connectivity index (χ4v) is 2.17. The second-order valence-corrected chi connectivity index (χ2v) is 4.22. The molecule has 4 nitrogen and oxygen atoms in total. The smallest absolute Gasteiger partial charge is 0.118 e. The second-order valence-electron chi connectivity index (χ2n) is 4.22. The molecule has 0 spiro atoms. The number of nitrogens with zero attached hydrogens (tertiary/aromatic N) is 2. The standard InChI is InChI=1S/C13H14N2O2/c1-16-12-4-2-11(3-5-12)13(8-17-9-13)15-7-6-14-10-15/h2-7,10H,8-9H2,1H3. The molecule has 3 rings (SSSR count). The Morgan fingerprint density at radius 2 is 2.06 bits per heavy atom. The largest absolute Gasteiger partial charge is 0.497 e. The van der Waals surface area contributed by atoms with Crippen LogP contribution in [0.2, 0.25) is 0 Å². The van der Waals surface area contributed by atoms with Crippen molar-refractivity contribution < 1.29 is 9.47 Å². The zero-order chi connectivity index (χ0) is 11.7. The van der Waals surface area contributed by atoms with Crippen LogP contribution < -0.4 is 4.74 Å². The summed E-state index contributed by atoms with van der Waals surface area (Å²) in [7, 11) is 1.67. The van der Waals surface area contributed by atoms with Crippen molar-refractivity contribution in [3.05, 3.63) is 48.5 Å². The number of aromatic nitrogens is 2. The molecule has 1 aromatic carbocycles. The van der Waals surface area contributed by atoms with Crippen molar-refractivity contribution in [3.63, 3.8) is 0 Å². The lowest BCUT2D eigenvalue weighted by atomic mass is 9.87. The van der Waals surface area contributed by atoms with E-state index in [1.807, 2.05) is 24.7 Å². The Kier molecular flexibility index (Phi) is 2.37. The van der Waals surface area contributed by atoms with Gasteiger partial charge in [-0.05, 0) is 17.7 Å². The number of hydrogen-bond acceptors (Lipinski definition) is 3. The lowest BCUT2D eigenvalue weighted by Crippen LogP contribution is -2.52. The van der Waals surface area contributed by atoms with Crippen molar-refractivity contribution in [3.8, 4) is 5.75 Å². The summed E-state index contributed by atoms with van der Waals surface area (Å²) in [5.74, 6) is 0.870. The highest BCUT2D eigenvalue weighted by Gasteiger charge is 2.41. The van der Waals surface area contributed by atoms with Crippen LogP contribution in [0, 0.1) is 0 Å². The first kappa shape index (κ1) is 10.4. The van der Waals surface area contributed by atoms with Crippen molar-refractivity contribution in [2.24, 2.45) is 0 Å². The Morgan fingerprint density at radius 1 is 1.29 bits per heavy atom. The molecule has 4 heteroatoms. The lowest BCUT2D eigenvalue weighted by molar-refractivity contribution is -0.0763. The molecule has 0 aliphatic carbocycles. The Labute approximate surface area is 99.8 Å². The Morgan fingerprint density at radius 3 is 2.53 bits per heavy atom. The average molecular weight is 230 g/mol. The number of ether oxygens (including phenoxy) is 2. The zero-order valence-electron chi connectivity index (χ0n) is 9.67. The molecule has 0 radical (unpaired) electrons. The summed E-state index contributed by atoms with van der Waals surface area (Å²) in [6.07, 6.45) is 5.61. The van der Waals surface area contributed by atoms with Gasteiger partial charge < -0.3 is 14.0 Å². The molecule has 1 aromatic heterocycles. The summed E-state index contributed by atoms with van der Waals surface area (Å²) in [4.78, 5) is 4.11. The Hall–Kier alpha value is -1.81. The van der Waals surface area contributed by atoms with Gasteiger partial charge in [0, 0.05) is 12.4 Å². The van der Waals surface area contributed by atoms with E-state index in [4.69, 9.17) is 9.47 Å². The van der Waals surface area contributed by atoms with Crippen molar-refractivity contribution in [2.45, 2.75) is 5.54 Å². The van der Waals surface area contributed by atoms with Crippen LogP contribution in [0.25, 0.3) is 0 Å². The maximum atomic E-state index is 5.39. The summed E-state index contributed by atoms with van der Waals surface area (Å²) >= 11 is 0. The van der Waals surface area contributed by atoms with Crippen LogP contribution in [0.3, 0.4) is 0 Å². The predicted molar refractivity (Wildman–Crippen MR) is 63.1 cm³/mol. The van der Waals surface area contributed by atoms with E-state index in [2.05, 4.69) is 21.7 Å². The quantitative estimate of drug-likeness (QED) is 0.804. The van der Waals surface area contributed by atoms with E-state index in [1.165, 1.54) is 5.56 Å². The van der Waals surface area contributed by atoms with Crippen LogP contribution in [0.5, 0.6) is 5.75 Å². The monoisotopic (exact) mass is 230 g/mol. The predicted octanol–water partition coefficient (Wildman–Crippen LogP) is 1.67. The van der Waals surface area contributed by atoms with Gasteiger partial charge in [-0.2, -0.15) is 0 Å². The molecule has 0 N–H and O–H groups in total. The molecule has 2 heterocycles. The molecule has 88 valence electrons. The molecule has 17 heavy (non-hydrogen) atoms. The maximum Gasteiger partial charge on any atom is 0.118 e. The zero-order valence-corrected chi connectivity index (χ0v) is 9.67. The molecule has 1 aliphatic heterocycles. The topological polar surface area (TPSA) is 36.3 Å². The molecule has 2 aromatic rings. The van der Waals surface area contributed by atoms with Crippen molar-refractivity contribution in [2.75, 3.05) is 20.3 Å². The molecule has 0 amide bonds. The van der Waals surface area contributed by atoms with Gasteiger partial charge in [-0.3, -0.25) is 0 Å². The van der Waals surface area contributed by atoms with Gasteiger partial charge in [-0.25, -0.2) is 4.98 Å². The van der Waals surface area contributed by atoms with E-state index in [1.54, 1.807) is 13.3 Å². The van der Waals surface area contributed by atoms with Gasteiger partial charge in [-0.15, -0.1) is 0 Å². The first-order chi connectivity index (χ1) is 8.35. The van der Waals surface area contributed by atoms with Crippen LogP contribution in [-0.2, 0) is 10.3 Å². The van der Waals surface area contributed by atoms with E-state index in [-0.39, 0.29) is 5.54 Å². The third-order valence-electron chi connectivity index (χ3n) is 3.31. The third kappa shape index (κ3) is 1.52. The molecule has 1 fully saturated rings. The number of imidazole rings is 1. The van der Waals surface area contributed by atoms with Gasteiger partial charge in [0.05, 0.1) is 26.7 Å². The molecule has 0 bridgehead atoms. The summed E-state index contributed by atoms with van der Waals surface area (Å²) < 4.78 is 12.7. The first-order valence-corrected chi connectivity index (χ1v) is 5.56. The van der Waals surface area contributed by atoms with E-state index >= 15 is 0 Å². The fraction of sp³-hybridized carbons (Fsp3) is 0.308. The molecule has 1 saturated heterocycles. The normalized spacial score (nSPS) is 17.5. The fourth-order valence-electron chi connectivity index (χ4n) is 2.17. The van der Waals surface area contributed by atoms with E-state index in [9.17, 15) is 0 Å². The number of benzene rings is 1. The molecule has 0 unspecified atom stereocenters. The Bertz CT molecular complexity index is 487. The average Bonchev–Trinajstić information content (AvgIpc) is 2.83. The number of rotatable bonds is 3. The lowest BCUT2D eigenvalue weighted by Gasteiger charge is -2.43. The highest BCUT2D eigenvalue weighted by molar-refractivity contribution is 5.34. The Balaban J connectivity index is 2.00. The third-order valence-corrected chi connectivity index (χ3v) is 3.31.